The summed E-state index contributed by atoms with van der Waals surface area (Å²) in [6.45, 7) is 2.76. The molecule has 3 rings (SSSR count). The molecule has 1 aliphatic heterocycles. The third-order valence-electron chi connectivity index (χ3n) is 5.08. The Morgan fingerprint density at radius 3 is 2.50 bits per heavy atom. The molecule has 1 saturated carbocycles. The molecule has 1 saturated heterocycles. The van der Waals surface area contributed by atoms with E-state index in [4.69, 9.17) is 5.73 Å². The van der Waals surface area contributed by atoms with E-state index in [9.17, 15) is 15.0 Å². The third kappa shape index (κ3) is 2.68. The highest BCUT2D eigenvalue weighted by Gasteiger charge is 2.45. The van der Waals surface area contributed by atoms with E-state index >= 15 is 0 Å². The Hall–Kier alpha value is -1.66. The number of aromatic nitrogens is 1. The summed E-state index contributed by atoms with van der Waals surface area (Å²) < 4.78 is 0. The summed E-state index contributed by atoms with van der Waals surface area (Å²) >= 11 is 0. The van der Waals surface area contributed by atoms with Gasteiger partial charge >= 0.3 is 0 Å². The Kier molecular flexibility index (Phi) is 3.61. The number of amides is 1. The molecule has 6 nitrogen and oxygen atoms in total. The molecule has 1 aromatic heterocycles. The van der Waals surface area contributed by atoms with Crippen LogP contribution in [-0.2, 0) is 5.60 Å². The van der Waals surface area contributed by atoms with Gasteiger partial charge in [0.2, 0.25) is 0 Å². The number of pyridine rings is 1. The Bertz CT molecular complexity index is 586. The first-order chi connectivity index (χ1) is 10.4. The number of nitrogens with two attached hydrogens (primary N) is 1. The number of nitrogens with zero attached hydrogens (tertiary/aromatic N) is 2. The molecule has 2 aliphatic rings. The van der Waals surface area contributed by atoms with E-state index in [1.165, 1.54) is 19.8 Å². The molecule has 1 atom stereocenters. The smallest absolute Gasteiger partial charge is 0.252 e. The van der Waals surface area contributed by atoms with Crippen LogP contribution in [0.4, 0.5) is 5.82 Å². The molecule has 1 unspecified atom stereocenters. The molecule has 1 spiro atoms. The number of carbonyl (C=O) groups is 1. The fraction of sp³-hybridized carbons (Fsp3) is 0.625. The summed E-state index contributed by atoms with van der Waals surface area (Å²) in [6, 6.07) is 3.14. The number of carbonyl (C=O) groups excluding carboxylic acids is 1. The number of hydrogen-bond donors (Lipinski definition) is 3. The van der Waals surface area contributed by atoms with Crippen molar-refractivity contribution in [3.63, 3.8) is 0 Å². The maximum Gasteiger partial charge on any atom is 0.252 e. The van der Waals surface area contributed by atoms with Gasteiger partial charge in [0.1, 0.15) is 11.4 Å². The minimum absolute atomic E-state index is 0.349. The number of aliphatic hydroxyl groups excluding tert-OH is 1. The average molecular weight is 305 g/mol. The highest BCUT2D eigenvalue weighted by molar-refractivity contribution is 5.97. The van der Waals surface area contributed by atoms with Gasteiger partial charge in [0.15, 0.2) is 0 Å². The highest BCUT2D eigenvalue weighted by atomic mass is 16.3. The first-order valence-electron chi connectivity index (χ1n) is 7.76. The second-order valence-corrected chi connectivity index (χ2v) is 6.85. The Labute approximate surface area is 130 Å². The van der Waals surface area contributed by atoms with Crippen molar-refractivity contribution in [3.8, 4) is 0 Å². The van der Waals surface area contributed by atoms with Crippen LogP contribution in [0.5, 0.6) is 0 Å². The normalized spacial score (nSPS) is 22.4. The van der Waals surface area contributed by atoms with Crippen molar-refractivity contribution in [3.05, 3.63) is 23.4 Å². The zero-order chi connectivity index (χ0) is 16.0. The Morgan fingerprint density at radius 1 is 1.36 bits per heavy atom. The second kappa shape index (κ2) is 5.21. The third-order valence-corrected chi connectivity index (χ3v) is 5.08. The standard InChI is InChI=1S/C16H23N3O3/c1-15(22,10-20)12-3-2-11(13(17)21)14(18-12)19-8-6-16(4-5-16)7-9-19/h2-3,20,22H,4-10H2,1H3,(H2,17,21). The van der Waals surface area contributed by atoms with E-state index in [-0.39, 0.29) is 0 Å². The van der Waals surface area contributed by atoms with Gasteiger partial charge in [0.05, 0.1) is 17.9 Å². The minimum Gasteiger partial charge on any atom is -0.393 e. The Balaban J connectivity index is 1.92. The van der Waals surface area contributed by atoms with Crippen LogP contribution in [0.1, 0.15) is 48.7 Å². The summed E-state index contributed by atoms with van der Waals surface area (Å²) in [5.41, 5.74) is 5.27. The number of aliphatic hydroxyl groups is 2. The van der Waals surface area contributed by atoms with Crippen molar-refractivity contribution < 1.29 is 15.0 Å². The molecule has 22 heavy (non-hydrogen) atoms. The van der Waals surface area contributed by atoms with Crippen molar-refractivity contribution >= 4 is 11.7 Å². The summed E-state index contributed by atoms with van der Waals surface area (Å²) in [5, 5.41) is 19.5. The van der Waals surface area contributed by atoms with E-state index in [2.05, 4.69) is 9.88 Å². The van der Waals surface area contributed by atoms with E-state index in [0.717, 1.165) is 25.9 Å². The van der Waals surface area contributed by atoms with Gasteiger partial charge in [-0.1, -0.05) is 0 Å². The maximum atomic E-state index is 11.7. The van der Waals surface area contributed by atoms with Crippen molar-refractivity contribution in [2.45, 2.75) is 38.2 Å². The molecular formula is C16H23N3O3. The van der Waals surface area contributed by atoms with E-state index in [1.54, 1.807) is 12.1 Å². The van der Waals surface area contributed by atoms with Gasteiger partial charge in [0.25, 0.3) is 5.91 Å². The summed E-state index contributed by atoms with van der Waals surface area (Å²) in [5.74, 6) is -0.00127. The van der Waals surface area contributed by atoms with E-state index in [1.807, 2.05) is 0 Å². The fourth-order valence-corrected chi connectivity index (χ4v) is 3.13. The number of piperidine rings is 1. The topological polar surface area (TPSA) is 99.7 Å². The van der Waals surface area contributed by atoms with Crippen LogP contribution in [0.2, 0.25) is 0 Å². The number of hydrogen-bond acceptors (Lipinski definition) is 5. The average Bonchev–Trinajstić information content (AvgIpc) is 3.26. The molecular weight excluding hydrogens is 282 g/mol. The van der Waals surface area contributed by atoms with Crippen LogP contribution >= 0.6 is 0 Å². The lowest BCUT2D eigenvalue weighted by atomic mass is 9.93. The molecule has 2 fully saturated rings. The van der Waals surface area contributed by atoms with E-state index < -0.39 is 18.1 Å². The maximum absolute atomic E-state index is 11.7. The largest absolute Gasteiger partial charge is 0.393 e. The summed E-state index contributed by atoms with van der Waals surface area (Å²) in [4.78, 5) is 18.2. The molecule has 1 aromatic rings. The molecule has 0 radical (unpaired) electrons. The van der Waals surface area contributed by atoms with Gasteiger partial charge in [-0.05, 0) is 50.2 Å². The molecule has 2 heterocycles. The molecule has 6 heteroatoms. The highest BCUT2D eigenvalue weighted by Crippen LogP contribution is 2.53. The summed E-state index contributed by atoms with van der Waals surface area (Å²) in [6.07, 6.45) is 4.81. The van der Waals surface area contributed by atoms with Gasteiger partial charge in [-0.15, -0.1) is 0 Å². The number of primary amides is 1. The monoisotopic (exact) mass is 305 g/mol. The minimum atomic E-state index is -1.43. The van der Waals surface area contributed by atoms with Crippen LogP contribution in [0.25, 0.3) is 0 Å². The predicted octanol–water partition coefficient (Wildman–Crippen LogP) is 0.761. The first-order valence-corrected chi connectivity index (χ1v) is 7.76. The van der Waals surface area contributed by atoms with Crippen LogP contribution in [-0.4, -0.2) is 40.8 Å². The predicted molar refractivity (Wildman–Crippen MR) is 82.5 cm³/mol. The SMILES string of the molecule is CC(O)(CO)c1ccc(C(N)=O)c(N2CCC3(CC2)CC3)n1. The molecule has 4 N–H and O–H groups in total. The lowest BCUT2D eigenvalue weighted by Crippen LogP contribution is -2.37. The zero-order valence-corrected chi connectivity index (χ0v) is 12.9. The molecule has 1 amide bonds. The Morgan fingerprint density at radius 2 is 2.00 bits per heavy atom. The molecule has 0 aromatic carbocycles. The lowest BCUT2D eigenvalue weighted by molar-refractivity contribution is -0.00581. The van der Waals surface area contributed by atoms with Crippen molar-refractivity contribution in [2.75, 3.05) is 24.6 Å². The fourth-order valence-electron chi connectivity index (χ4n) is 3.13. The van der Waals surface area contributed by atoms with Crippen molar-refractivity contribution in [1.29, 1.82) is 0 Å². The quantitative estimate of drug-likeness (QED) is 0.762. The van der Waals surface area contributed by atoms with E-state index in [0.29, 0.717) is 22.5 Å². The van der Waals surface area contributed by atoms with Crippen LogP contribution in [0.15, 0.2) is 12.1 Å². The lowest BCUT2D eigenvalue weighted by Gasteiger charge is -2.34. The number of rotatable bonds is 4. The number of anilines is 1. The van der Waals surface area contributed by atoms with Gasteiger partial charge in [-0.3, -0.25) is 4.79 Å². The van der Waals surface area contributed by atoms with Crippen molar-refractivity contribution in [1.82, 2.24) is 4.98 Å². The van der Waals surface area contributed by atoms with Gasteiger partial charge in [-0.25, -0.2) is 4.98 Å². The van der Waals surface area contributed by atoms with Gasteiger partial charge in [-0.2, -0.15) is 0 Å². The zero-order valence-electron chi connectivity index (χ0n) is 12.9. The second-order valence-electron chi connectivity index (χ2n) is 6.85. The summed E-state index contributed by atoms with van der Waals surface area (Å²) in [7, 11) is 0. The van der Waals surface area contributed by atoms with Gasteiger partial charge < -0.3 is 20.8 Å². The van der Waals surface area contributed by atoms with Crippen LogP contribution < -0.4 is 10.6 Å². The first kappa shape index (κ1) is 15.2. The molecule has 120 valence electrons. The van der Waals surface area contributed by atoms with Crippen LogP contribution in [0, 0.1) is 5.41 Å². The van der Waals surface area contributed by atoms with Crippen LogP contribution in [0.3, 0.4) is 0 Å². The van der Waals surface area contributed by atoms with Gasteiger partial charge in [0, 0.05) is 13.1 Å². The molecule has 0 bridgehead atoms. The van der Waals surface area contributed by atoms with Crippen molar-refractivity contribution in [2.24, 2.45) is 11.1 Å². The molecule has 1 aliphatic carbocycles.